The molecule has 6 nitrogen and oxygen atoms in total. The molecule has 0 spiro atoms. The minimum atomic E-state index is -0.284. The molecule has 1 saturated carbocycles. The Bertz CT molecular complexity index is 512. The number of hydrogen-bond acceptors (Lipinski definition) is 4. The van der Waals surface area contributed by atoms with Crippen molar-refractivity contribution in [2.75, 3.05) is 13.1 Å². The summed E-state index contributed by atoms with van der Waals surface area (Å²) in [5, 5.41) is 9.66. The third-order valence-corrected chi connectivity index (χ3v) is 3.98. The SMILES string of the molecule is O=C(c1ccc(=O)[nH]n1)N(CC1CCCCN1)C1CC1. The number of hydrogen-bond donors (Lipinski definition) is 2. The summed E-state index contributed by atoms with van der Waals surface area (Å²) in [6.45, 7) is 1.78. The molecule has 0 aromatic carbocycles. The van der Waals surface area contributed by atoms with Crippen LogP contribution >= 0.6 is 0 Å². The normalized spacial score (nSPS) is 22.5. The first kappa shape index (κ1) is 13.3. The molecular weight excluding hydrogens is 256 g/mol. The summed E-state index contributed by atoms with van der Waals surface area (Å²) in [4.78, 5) is 25.5. The maximum absolute atomic E-state index is 12.5. The molecule has 0 radical (unpaired) electrons. The molecule has 20 heavy (non-hydrogen) atoms. The lowest BCUT2D eigenvalue weighted by Gasteiger charge is -2.30. The van der Waals surface area contributed by atoms with Gasteiger partial charge in [-0.15, -0.1) is 0 Å². The zero-order chi connectivity index (χ0) is 13.9. The molecule has 1 aromatic rings. The highest BCUT2D eigenvalue weighted by Crippen LogP contribution is 2.28. The van der Waals surface area contributed by atoms with Crippen LogP contribution in [0.3, 0.4) is 0 Å². The molecule has 2 aliphatic rings. The van der Waals surface area contributed by atoms with Crippen LogP contribution in [0, 0.1) is 0 Å². The number of nitrogens with zero attached hydrogens (tertiary/aromatic N) is 2. The molecule has 0 bridgehead atoms. The molecule has 2 N–H and O–H groups in total. The lowest BCUT2D eigenvalue weighted by atomic mass is 10.0. The molecule has 1 aliphatic heterocycles. The number of carbonyl (C=O) groups excluding carboxylic acids is 1. The first-order valence-electron chi connectivity index (χ1n) is 7.34. The summed E-state index contributed by atoms with van der Waals surface area (Å²) < 4.78 is 0. The molecule has 6 heteroatoms. The quantitative estimate of drug-likeness (QED) is 0.840. The summed E-state index contributed by atoms with van der Waals surface area (Å²) in [6, 6.07) is 3.59. The molecule has 1 amide bonds. The highest BCUT2D eigenvalue weighted by molar-refractivity contribution is 5.92. The highest BCUT2D eigenvalue weighted by atomic mass is 16.2. The number of aromatic nitrogens is 2. The summed E-state index contributed by atoms with van der Waals surface area (Å²) in [6.07, 6.45) is 5.70. The fourth-order valence-corrected chi connectivity index (χ4v) is 2.71. The van der Waals surface area contributed by atoms with Gasteiger partial charge in [-0.05, 0) is 38.3 Å². The Labute approximate surface area is 117 Å². The van der Waals surface area contributed by atoms with Crippen molar-refractivity contribution in [1.82, 2.24) is 20.4 Å². The number of nitrogens with one attached hydrogen (secondary N) is 2. The summed E-state index contributed by atoms with van der Waals surface area (Å²) in [7, 11) is 0. The summed E-state index contributed by atoms with van der Waals surface area (Å²) in [5.74, 6) is -0.0730. The van der Waals surface area contributed by atoms with Crippen LogP contribution in [-0.2, 0) is 0 Å². The van der Waals surface area contributed by atoms with Gasteiger partial charge in [-0.25, -0.2) is 5.10 Å². The van der Waals surface area contributed by atoms with Crippen molar-refractivity contribution in [2.24, 2.45) is 0 Å². The second-order valence-corrected chi connectivity index (χ2v) is 5.64. The van der Waals surface area contributed by atoms with Crippen LogP contribution in [0.25, 0.3) is 0 Å². The van der Waals surface area contributed by atoms with E-state index in [0.29, 0.717) is 17.8 Å². The van der Waals surface area contributed by atoms with Gasteiger partial charge in [-0.1, -0.05) is 6.42 Å². The second-order valence-electron chi connectivity index (χ2n) is 5.64. The van der Waals surface area contributed by atoms with Crippen LogP contribution in [0.4, 0.5) is 0 Å². The largest absolute Gasteiger partial charge is 0.333 e. The lowest BCUT2D eigenvalue weighted by Crippen LogP contribution is -2.47. The van der Waals surface area contributed by atoms with Gasteiger partial charge in [0, 0.05) is 24.7 Å². The van der Waals surface area contributed by atoms with E-state index in [1.165, 1.54) is 25.0 Å². The Hall–Kier alpha value is -1.69. The molecular formula is C14H20N4O2. The first-order chi connectivity index (χ1) is 9.74. The number of carbonyl (C=O) groups is 1. The van der Waals surface area contributed by atoms with Crippen molar-refractivity contribution in [3.05, 3.63) is 28.2 Å². The van der Waals surface area contributed by atoms with Crippen molar-refractivity contribution < 1.29 is 4.79 Å². The Kier molecular flexibility index (Phi) is 3.82. The molecule has 108 valence electrons. The van der Waals surface area contributed by atoms with Crippen LogP contribution in [0.15, 0.2) is 16.9 Å². The predicted molar refractivity (Wildman–Crippen MR) is 74.6 cm³/mol. The van der Waals surface area contributed by atoms with Crippen LogP contribution in [0.5, 0.6) is 0 Å². The van der Waals surface area contributed by atoms with Gasteiger partial charge in [0.15, 0.2) is 0 Å². The van der Waals surface area contributed by atoms with Crippen molar-refractivity contribution in [3.63, 3.8) is 0 Å². The monoisotopic (exact) mass is 276 g/mol. The smallest absolute Gasteiger partial charge is 0.274 e. The first-order valence-corrected chi connectivity index (χ1v) is 7.34. The molecule has 1 saturated heterocycles. The van der Waals surface area contributed by atoms with E-state index < -0.39 is 0 Å². The zero-order valence-electron chi connectivity index (χ0n) is 11.5. The Morgan fingerprint density at radius 3 is 2.75 bits per heavy atom. The van der Waals surface area contributed by atoms with Crippen LogP contribution in [0.2, 0.25) is 0 Å². The van der Waals surface area contributed by atoms with Gasteiger partial charge < -0.3 is 10.2 Å². The number of aromatic amines is 1. The molecule has 1 aliphatic carbocycles. The maximum Gasteiger partial charge on any atom is 0.274 e. The van der Waals surface area contributed by atoms with Gasteiger partial charge in [-0.2, -0.15) is 5.10 Å². The molecule has 2 fully saturated rings. The second kappa shape index (κ2) is 5.75. The maximum atomic E-state index is 12.5. The summed E-state index contributed by atoms with van der Waals surface area (Å²) in [5.41, 5.74) is 0.0424. The van der Waals surface area contributed by atoms with Gasteiger partial charge in [0.05, 0.1) is 0 Å². The van der Waals surface area contributed by atoms with Crippen LogP contribution < -0.4 is 10.9 Å². The average molecular weight is 276 g/mol. The fraction of sp³-hybridized carbons (Fsp3) is 0.643. The van der Waals surface area contributed by atoms with Crippen molar-refractivity contribution >= 4 is 5.91 Å². The van der Waals surface area contributed by atoms with E-state index in [9.17, 15) is 9.59 Å². The minimum Gasteiger partial charge on any atom is -0.333 e. The standard InChI is InChI=1S/C14H20N4O2/c19-13-7-6-12(16-17-13)14(20)18(11-4-5-11)9-10-3-1-2-8-15-10/h6-7,10-11,15H,1-5,8-9H2,(H,17,19). The predicted octanol–water partition coefficient (Wildman–Crippen LogP) is 0.517. The average Bonchev–Trinajstić information content (AvgIpc) is 3.30. The summed E-state index contributed by atoms with van der Waals surface area (Å²) >= 11 is 0. The molecule has 2 heterocycles. The van der Waals surface area contributed by atoms with Crippen molar-refractivity contribution in [2.45, 2.75) is 44.2 Å². The number of H-pyrrole nitrogens is 1. The van der Waals surface area contributed by atoms with Crippen LogP contribution in [-0.4, -0.2) is 46.2 Å². The van der Waals surface area contributed by atoms with Gasteiger partial charge in [0.2, 0.25) is 0 Å². The van der Waals surface area contributed by atoms with Gasteiger partial charge in [0.25, 0.3) is 11.5 Å². The van der Waals surface area contributed by atoms with E-state index in [0.717, 1.165) is 32.4 Å². The molecule has 1 unspecified atom stereocenters. The molecule has 3 rings (SSSR count). The third-order valence-electron chi connectivity index (χ3n) is 3.98. The van der Waals surface area contributed by atoms with E-state index in [2.05, 4.69) is 15.5 Å². The van der Waals surface area contributed by atoms with Gasteiger partial charge >= 0.3 is 0 Å². The Morgan fingerprint density at radius 1 is 1.30 bits per heavy atom. The van der Waals surface area contributed by atoms with E-state index in [-0.39, 0.29) is 11.5 Å². The molecule has 1 atom stereocenters. The van der Waals surface area contributed by atoms with Crippen LogP contribution in [0.1, 0.15) is 42.6 Å². The molecule has 1 aromatic heterocycles. The number of rotatable bonds is 4. The minimum absolute atomic E-state index is 0.0730. The third kappa shape index (κ3) is 3.07. The van der Waals surface area contributed by atoms with Gasteiger partial charge in [0.1, 0.15) is 5.69 Å². The Morgan fingerprint density at radius 2 is 2.15 bits per heavy atom. The number of amides is 1. The van der Waals surface area contributed by atoms with E-state index >= 15 is 0 Å². The topological polar surface area (TPSA) is 78.1 Å². The Balaban J connectivity index is 1.71. The lowest BCUT2D eigenvalue weighted by molar-refractivity contribution is 0.0710. The highest BCUT2D eigenvalue weighted by Gasteiger charge is 2.35. The van der Waals surface area contributed by atoms with Crippen molar-refractivity contribution in [3.8, 4) is 0 Å². The van der Waals surface area contributed by atoms with E-state index in [1.807, 2.05) is 4.90 Å². The zero-order valence-corrected chi connectivity index (χ0v) is 11.5. The number of piperidine rings is 1. The van der Waals surface area contributed by atoms with Gasteiger partial charge in [-0.3, -0.25) is 9.59 Å². The van der Waals surface area contributed by atoms with E-state index in [1.54, 1.807) is 0 Å². The van der Waals surface area contributed by atoms with Crippen molar-refractivity contribution in [1.29, 1.82) is 0 Å². The van der Waals surface area contributed by atoms with E-state index in [4.69, 9.17) is 0 Å². The fourth-order valence-electron chi connectivity index (χ4n) is 2.71.